The first kappa shape index (κ1) is 15.5. The number of aliphatic hydroxyl groups is 1. The maximum absolute atomic E-state index is 9.82. The summed E-state index contributed by atoms with van der Waals surface area (Å²) in [6.07, 6.45) is 2.41. The average Bonchev–Trinajstić information content (AvgIpc) is 3.10. The summed E-state index contributed by atoms with van der Waals surface area (Å²) in [6, 6.07) is 3.70. The first-order valence-electron chi connectivity index (χ1n) is 7.49. The number of aliphatic hydroxyl groups excluding tert-OH is 1. The Morgan fingerprint density at radius 2 is 2.50 bits per heavy atom. The molecular weight excluding hydrogens is 256 g/mol. The predicted octanol–water partition coefficient (Wildman–Crippen LogP) is 1.09. The highest BCUT2D eigenvalue weighted by Gasteiger charge is 2.20. The van der Waals surface area contributed by atoms with E-state index >= 15 is 0 Å². The number of rotatable bonds is 9. The molecule has 2 rings (SSSR count). The Morgan fingerprint density at radius 1 is 1.60 bits per heavy atom. The summed E-state index contributed by atoms with van der Waals surface area (Å²) >= 11 is 0. The molecule has 5 heteroatoms. The van der Waals surface area contributed by atoms with E-state index in [1.807, 2.05) is 12.1 Å². The molecule has 1 fully saturated rings. The molecule has 2 atom stereocenters. The molecule has 0 spiro atoms. The molecule has 1 aromatic heterocycles. The molecule has 114 valence electrons. The van der Waals surface area contributed by atoms with Gasteiger partial charge in [0.15, 0.2) is 0 Å². The Kier molecular flexibility index (Phi) is 6.53. The van der Waals surface area contributed by atoms with Crippen LogP contribution in [0.3, 0.4) is 0 Å². The van der Waals surface area contributed by atoms with Gasteiger partial charge in [-0.3, -0.25) is 0 Å². The van der Waals surface area contributed by atoms with Crippen LogP contribution in [0.5, 0.6) is 0 Å². The van der Waals surface area contributed by atoms with E-state index in [2.05, 4.69) is 17.1 Å². The van der Waals surface area contributed by atoms with E-state index in [1.54, 1.807) is 6.26 Å². The monoisotopic (exact) mass is 282 g/mol. The van der Waals surface area contributed by atoms with Crippen molar-refractivity contribution in [2.24, 2.45) is 5.92 Å². The van der Waals surface area contributed by atoms with Crippen molar-refractivity contribution in [2.75, 3.05) is 39.3 Å². The quantitative estimate of drug-likeness (QED) is 0.710. The van der Waals surface area contributed by atoms with E-state index in [4.69, 9.17) is 9.15 Å². The van der Waals surface area contributed by atoms with Crippen LogP contribution in [0.1, 0.15) is 19.1 Å². The van der Waals surface area contributed by atoms with Crippen molar-refractivity contribution in [3.8, 4) is 0 Å². The van der Waals surface area contributed by atoms with E-state index < -0.39 is 6.10 Å². The number of likely N-dealkylation sites (tertiary alicyclic amines) is 1. The third-order valence-corrected chi connectivity index (χ3v) is 3.76. The standard InChI is InChI=1S/C15H26N2O3/c1-2-17-6-5-13(10-17)8-16-9-14(18)11-19-12-15-4-3-7-20-15/h3-4,7,13-14,16,18H,2,5-6,8-12H2,1H3. The molecule has 2 N–H and O–H groups in total. The maximum Gasteiger partial charge on any atom is 0.129 e. The lowest BCUT2D eigenvalue weighted by molar-refractivity contribution is 0.0224. The van der Waals surface area contributed by atoms with Crippen LogP contribution in [0.2, 0.25) is 0 Å². The Bertz CT molecular complexity index is 356. The Morgan fingerprint density at radius 3 is 3.20 bits per heavy atom. The fourth-order valence-corrected chi connectivity index (χ4v) is 2.57. The number of nitrogens with one attached hydrogen (secondary N) is 1. The van der Waals surface area contributed by atoms with Crippen molar-refractivity contribution in [3.63, 3.8) is 0 Å². The normalized spacial score (nSPS) is 21.4. The third kappa shape index (κ3) is 5.25. The Hall–Kier alpha value is -0.880. The molecule has 0 amide bonds. The molecule has 1 aliphatic rings. The van der Waals surface area contributed by atoms with Crippen LogP contribution in [0.15, 0.2) is 22.8 Å². The molecule has 1 aromatic rings. The van der Waals surface area contributed by atoms with Crippen LogP contribution in [0, 0.1) is 5.92 Å². The highest BCUT2D eigenvalue weighted by atomic mass is 16.5. The zero-order chi connectivity index (χ0) is 14.2. The largest absolute Gasteiger partial charge is 0.467 e. The number of hydrogen-bond donors (Lipinski definition) is 2. The second-order valence-electron chi connectivity index (χ2n) is 5.45. The van der Waals surface area contributed by atoms with E-state index in [-0.39, 0.29) is 0 Å². The van der Waals surface area contributed by atoms with Gasteiger partial charge in [0.2, 0.25) is 0 Å². The Balaban J connectivity index is 1.49. The SMILES string of the molecule is CCN1CCC(CNCC(O)COCc2ccco2)C1. The molecule has 1 saturated heterocycles. The van der Waals surface area contributed by atoms with Crippen molar-refractivity contribution in [1.29, 1.82) is 0 Å². The predicted molar refractivity (Wildman–Crippen MR) is 77.5 cm³/mol. The molecular formula is C15H26N2O3. The molecule has 0 bridgehead atoms. The van der Waals surface area contributed by atoms with Crippen molar-refractivity contribution in [3.05, 3.63) is 24.2 Å². The maximum atomic E-state index is 9.82. The van der Waals surface area contributed by atoms with Gasteiger partial charge < -0.3 is 24.5 Å². The van der Waals surface area contributed by atoms with Crippen LogP contribution in [0.4, 0.5) is 0 Å². The van der Waals surface area contributed by atoms with Crippen LogP contribution in [-0.2, 0) is 11.3 Å². The van der Waals surface area contributed by atoms with Gasteiger partial charge in [-0.15, -0.1) is 0 Å². The number of hydrogen-bond acceptors (Lipinski definition) is 5. The van der Waals surface area contributed by atoms with Crippen molar-refractivity contribution in [1.82, 2.24) is 10.2 Å². The molecule has 5 nitrogen and oxygen atoms in total. The lowest BCUT2D eigenvalue weighted by Gasteiger charge is -2.15. The van der Waals surface area contributed by atoms with Gasteiger partial charge in [0.05, 0.1) is 19.0 Å². The van der Waals surface area contributed by atoms with Gasteiger partial charge in [-0.2, -0.15) is 0 Å². The molecule has 20 heavy (non-hydrogen) atoms. The van der Waals surface area contributed by atoms with Gasteiger partial charge in [-0.1, -0.05) is 6.92 Å². The van der Waals surface area contributed by atoms with Crippen LogP contribution < -0.4 is 5.32 Å². The molecule has 0 saturated carbocycles. The number of nitrogens with zero attached hydrogens (tertiary/aromatic N) is 1. The van der Waals surface area contributed by atoms with Gasteiger partial charge in [0, 0.05) is 13.1 Å². The van der Waals surface area contributed by atoms with Gasteiger partial charge in [0.25, 0.3) is 0 Å². The van der Waals surface area contributed by atoms with Crippen molar-refractivity contribution >= 4 is 0 Å². The van der Waals surface area contributed by atoms with E-state index in [0.717, 1.165) is 18.8 Å². The summed E-state index contributed by atoms with van der Waals surface area (Å²) in [6.45, 7) is 8.03. The van der Waals surface area contributed by atoms with E-state index in [9.17, 15) is 5.11 Å². The average molecular weight is 282 g/mol. The summed E-state index contributed by atoms with van der Waals surface area (Å²) in [4.78, 5) is 2.47. The third-order valence-electron chi connectivity index (χ3n) is 3.76. The molecule has 0 aliphatic carbocycles. The van der Waals surface area contributed by atoms with Crippen LogP contribution in [-0.4, -0.2) is 55.4 Å². The fourth-order valence-electron chi connectivity index (χ4n) is 2.57. The number of ether oxygens (including phenoxy) is 1. The smallest absolute Gasteiger partial charge is 0.129 e. The highest BCUT2D eigenvalue weighted by molar-refractivity contribution is 4.96. The summed E-state index contributed by atoms with van der Waals surface area (Å²) in [5, 5.41) is 13.2. The molecule has 2 unspecified atom stereocenters. The molecule has 0 aromatic carbocycles. The summed E-state index contributed by atoms with van der Waals surface area (Å²) in [5.41, 5.74) is 0. The topological polar surface area (TPSA) is 57.9 Å². The molecule has 0 radical (unpaired) electrons. The lowest BCUT2D eigenvalue weighted by Crippen LogP contribution is -2.34. The molecule has 1 aliphatic heterocycles. The first-order chi connectivity index (χ1) is 9.78. The van der Waals surface area contributed by atoms with E-state index in [0.29, 0.717) is 25.7 Å². The second kappa shape index (κ2) is 8.42. The minimum absolute atomic E-state index is 0.333. The van der Waals surface area contributed by atoms with Gasteiger partial charge in [-0.25, -0.2) is 0 Å². The minimum Gasteiger partial charge on any atom is -0.467 e. The zero-order valence-corrected chi connectivity index (χ0v) is 12.3. The second-order valence-corrected chi connectivity index (χ2v) is 5.45. The summed E-state index contributed by atoms with van der Waals surface area (Å²) in [5.74, 6) is 1.50. The lowest BCUT2D eigenvalue weighted by atomic mass is 10.1. The van der Waals surface area contributed by atoms with Gasteiger partial charge >= 0.3 is 0 Å². The molecule has 2 heterocycles. The summed E-state index contributed by atoms with van der Waals surface area (Å²) < 4.78 is 10.6. The summed E-state index contributed by atoms with van der Waals surface area (Å²) in [7, 11) is 0. The number of furan rings is 1. The van der Waals surface area contributed by atoms with Crippen molar-refractivity contribution < 1.29 is 14.3 Å². The zero-order valence-electron chi connectivity index (χ0n) is 12.3. The Labute approximate surface area is 120 Å². The van der Waals surface area contributed by atoms with Crippen molar-refractivity contribution in [2.45, 2.75) is 26.1 Å². The van der Waals surface area contributed by atoms with Gasteiger partial charge in [0.1, 0.15) is 12.4 Å². The van der Waals surface area contributed by atoms with Crippen LogP contribution in [0.25, 0.3) is 0 Å². The van der Waals surface area contributed by atoms with Crippen LogP contribution >= 0.6 is 0 Å². The van der Waals surface area contributed by atoms with E-state index in [1.165, 1.54) is 19.5 Å². The highest BCUT2D eigenvalue weighted by Crippen LogP contribution is 2.14. The minimum atomic E-state index is -0.464. The first-order valence-corrected chi connectivity index (χ1v) is 7.49. The fraction of sp³-hybridized carbons (Fsp3) is 0.733. The van der Waals surface area contributed by atoms with Gasteiger partial charge in [-0.05, 0) is 44.1 Å².